The first-order chi connectivity index (χ1) is 16.6. The van der Waals surface area contributed by atoms with Gasteiger partial charge in [-0.2, -0.15) is 0 Å². The van der Waals surface area contributed by atoms with E-state index in [1.54, 1.807) is 7.11 Å². The standard InChI is InChI=1S/C26H26N4O3S/c1-33-20-11-5-9-18(13-20)21-16-34-23-22(21)28-26(29-25(23)32)30-12-6-10-19(15-30)24(31)27-14-17-7-3-2-4-8-17/h2-5,7-9,11,13,16,19H,6,10,12,14-15H2,1H3,(H,27,31)(H,28,29,32)/t19-/m0/s1. The number of amides is 1. The molecule has 3 heterocycles. The first kappa shape index (κ1) is 22.2. The highest BCUT2D eigenvalue weighted by Gasteiger charge is 2.27. The second-order valence-electron chi connectivity index (χ2n) is 8.44. The number of rotatable bonds is 6. The normalized spacial score (nSPS) is 15.9. The fraction of sp³-hybridized carbons (Fsp3) is 0.269. The van der Waals surface area contributed by atoms with Crippen LogP contribution in [0.3, 0.4) is 0 Å². The maximum Gasteiger partial charge on any atom is 0.270 e. The third kappa shape index (κ3) is 4.54. The van der Waals surface area contributed by atoms with Gasteiger partial charge in [0.15, 0.2) is 0 Å². The molecule has 0 saturated carbocycles. The zero-order chi connectivity index (χ0) is 23.5. The van der Waals surface area contributed by atoms with Crippen molar-refractivity contribution in [3.8, 4) is 16.9 Å². The molecule has 1 aliphatic rings. The second-order valence-corrected chi connectivity index (χ2v) is 9.32. The van der Waals surface area contributed by atoms with Gasteiger partial charge in [-0.25, -0.2) is 4.98 Å². The zero-order valence-corrected chi connectivity index (χ0v) is 19.7. The van der Waals surface area contributed by atoms with Crippen LogP contribution < -0.4 is 20.5 Å². The molecule has 0 bridgehead atoms. The number of methoxy groups -OCH3 is 1. The molecule has 34 heavy (non-hydrogen) atoms. The van der Waals surface area contributed by atoms with E-state index in [-0.39, 0.29) is 17.4 Å². The van der Waals surface area contributed by atoms with Crippen LogP contribution >= 0.6 is 11.3 Å². The van der Waals surface area contributed by atoms with Crippen LogP contribution in [0.25, 0.3) is 21.3 Å². The molecule has 0 spiro atoms. The van der Waals surface area contributed by atoms with Gasteiger partial charge in [-0.15, -0.1) is 11.3 Å². The summed E-state index contributed by atoms with van der Waals surface area (Å²) in [6.45, 7) is 1.78. The summed E-state index contributed by atoms with van der Waals surface area (Å²) in [5.74, 6) is 1.14. The van der Waals surface area contributed by atoms with Crippen LogP contribution in [-0.4, -0.2) is 36.1 Å². The Labute approximate surface area is 201 Å². The van der Waals surface area contributed by atoms with Gasteiger partial charge in [0, 0.05) is 30.6 Å². The molecule has 0 aliphatic carbocycles. The molecule has 1 fully saturated rings. The summed E-state index contributed by atoms with van der Waals surface area (Å²) in [6.07, 6.45) is 1.68. The summed E-state index contributed by atoms with van der Waals surface area (Å²) in [6, 6.07) is 17.6. The van der Waals surface area contributed by atoms with Crippen molar-refractivity contribution in [3.05, 3.63) is 75.9 Å². The molecule has 1 atom stereocenters. The van der Waals surface area contributed by atoms with E-state index in [1.807, 2.05) is 64.9 Å². The Morgan fingerprint density at radius 1 is 1.24 bits per heavy atom. The van der Waals surface area contributed by atoms with Crippen LogP contribution in [0, 0.1) is 5.92 Å². The van der Waals surface area contributed by atoms with Gasteiger partial charge in [-0.3, -0.25) is 14.6 Å². The smallest absolute Gasteiger partial charge is 0.270 e. The molecule has 4 aromatic rings. The van der Waals surface area contributed by atoms with E-state index < -0.39 is 0 Å². The van der Waals surface area contributed by atoms with Gasteiger partial charge in [-0.05, 0) is 36.1 Å². The van der Waals surface area contributed by atoms with Gasteiger partial charge in [0.05, 0.1) is 18.5 Å². The van der Waals surface area contributed by atoms with Crippen LogP contribution in [0.5, 0.6) is 5.75 Å². The lowest BCUT2D eigenvalue weighted by Crippen LogP contribution is -2.44. The maximum atomic E-state index is 12.9. The van der Waals surface area contributed by atoms with E-state index in [1.165, 1.54) is 11.3 Å². The number of ether oxygens (including phenoxy) is 1. The fourth-order valence-electron chi connectivity index (χ4n) is 4.37. The molecule has 174 valence electrons. The Hall–Kier alpha value is -3.65. The second kappa shape index (κ2) is 9.69. The molecule has 2 aromatic carbocycles. The molecule has 5 rings (SSSR count). The van der Waals surface area contributed by atoms with Crippen molar-refractivity contribution in [2.75, 3.05) is 25.1 Å². The third-order valence-electron chi connectivity index (χ3n) is 6.20. The lowest BCUT2D eigenvalue weighted by atomic mass is 9.97. The number of H-pyrrole nitrogens is 1. The third-order valence-corrected chi connectivity index (χ3v) is 7.16. The Morgan fingerprint density at radius 2 is 2.09 bits per heavy atom. The summed E-state index contributed by atoms with van der Waals surface area (Å²) in [5, 5.41) is 5.01. The Kier molecular flexibility index (Phi) is 6.31. The molecule has 1 amide bonds. The van der Waals surface area contributed by atoms with E-state index >= 15 is 0 Å². The molecular formula is C26H26N4O3S. The van der Waals surface area contributed by atoms with E-state index in [4.69, 9.17) is 9.72 Å². The Balaban J connectivity index is 1.38. The molecule has 0 unspecified atom stereocenters. The van der Waals surface area contributed by atoms with Crippen molar-refractivity contribution in [1.29, 1.82) is 0 Å². The lowest BCUT2D eigenvalue weighted by Gasteiger charge is -2.32. The number of hydrogen-bond acceptors (Lipinski definition) is 6. The van der Waals surface area contributed by atoms with E-state index in [0.717, 1.165) is 41.8 Å². The van der Waals surface area contributed by atoms with Crippen molar-refractivity contribution in [3.63, 3.8) is 0 Å². The highest BCUT2D eigenvalue weighted by Crippen LogP contribution is 2.33. The van der Waals surface area contributed by atoms with Crippen LogP contribution in [0.2, 0.25) is 0 Å². The SMILES string of the molecule is COc1cccc(-c2csc3c(=O)[nH]c(N4CCC[C@H](C(=O)NCc5ccccc5)C4)nc23)c1. The topological polar surface area (TPSA) is 87.3 Å². The molecular weight excluding hydrogens is 448 g/mol. The van der Waals surface area contributed by atoms with Gasteiger partial charge in [-0.1, -0.05) is 42.5 Å². The number of aromatic amines is 1. The number of carbonyl (C=O) groups is 1. The van der Waals surface area contributed by atoms with Crippen molar-refractivity contribution < 1.29 is 9.53 Å². The summed E-state index contributed by atoms with van der Waals surface area (Å²) in [4.78, 5) is 35.5. The number of hydrogen-bond donors (Lipinski definition) is 2. The van der Waals surface area contributed by atoms with Crippen LogP contribution in [0.1, 0.15) is 18.4 Å². The number of anilines is 1. The van der Waals surface area contributed by atoms with Crippen LogP contribution in [-0.2, 0) is 11.3 Å². The molecule has 1 saturated heterocycles. The number of nitrogens with one attached hydrogen (secondary N) is 2. The highest BCUT2D eigenvalue weighted by atomic mass is 32.1. The highest BCUT2D eigenvalue weighted by molar-refractivity contribution is 7.17. The number of aromatic nitrogens is 2. The quantitative estimate of drug-likeness (QED) is 0.438. The van der Waals surface area contributed by atoms with Gasteiger partial charge >= 0.3 is 0 Å². The summed E-state index contributed by atoms with van der Waals surface area (Å²) < 4.78 is 5.95. The predicted molar refractivity (Wildman–Crippen MR) is 135 cm³/mol. The first-order valence-corrected chi connectivity index (χ1v) is 12.2. The Morgan fingerprint density at radius 3 is 2.91 bits per heavy atom. The maximum absolute atomic E-state index is 12.9. The van der Waals surface area contributed by atoms with Crippen molar-refractivity contribution in [2.24, 2.45) is 5.92 Å². The molecule has 7 nitrogen and oxygen atoms in total. The monoisotopic (exact) mass is 474 g/mol. The first-order valence-electron chi connectivity index (χ1n) is 11.3. The van der Waals surface area contributed by atoms with Crippen molar-refractivity contribution >= 4 is 33.4 Å². The fourth-order valence-corrected chi connectivity index (χ4v) is 5.28. The van der Waals surface area contributed by atoms with E-state index in [9.17, 15) is 9.59 Å². The van der Waals surface area contributed by atoms with Gasteiger partial charge in [0.25, 0.3) is 5.56 Å². The largest absolute Gasteiger partial charge is 0.497 e. The summed E-state index contributed by atoms with van der Waals surface area (Å²) in [5.41, 5.74) is 3.44. The molecule has 2 aromatic heterocycles. The van der Waals surface area contributed by atoms with Gasteiger partial charge in [0.1, 0.15) is 10.4 Å². The lowest BCUT2D eigenvalue weighted by molar-refractivity contribution is -0.125. The Bertz CT molecular complexity index is 1370. The van der Waals surface area contributed by atoms with Crippen LogP contribution in [0.15, 0.2) is 64.8 Å². The molecule has 8 heteroatoms. The van der Waals surface area contributed by atoms with Gasteiger partial charge < -0.3 is 15.0 Å². The van der Waals surface area contributed by atoms with E-state index in [2.05, 4.69) is 10.3 Å². The minimum absolute atomic E-state index is 0.0320. The number of thiophene rings is 1. The zero-order valence-electron chi connectivity index (χ0n) is 18.9. The van der Waals surface area contributed by atoms with Crippen LogP contribution in [0.4, 0.5) is 5.95 Å². The molecule has 0 radical (unpaired) electrons. The minimum atomic E-state index is -0.158. The summed E-state index contributed by atoms with van der Waals surface area (Å²) >= 11 is 1.38. The number of carbonyl (C=O) groups excluding carboxylic acids is 1. The molecule has 2 N–H and O–H groups in total. The number of piperidine rings is 1. The number of benzene rings is 2. The minimum Gasteiger partial charge on any atom is -0.497 e. The average molecular weight is 475 g/mol. The van der Waals surface area contributed by atoms with Crippen molar-refractivity contribution in [2.45, 2.75) is 19.4 Å². The van der Waals surface area contributed by atoms with Gasteiger partial charge in [0.2, 0.25) is 11.9 Å². The molecule has 1 aliphatic heterocycles. The number of nitrogens with zero attached hydrogens (tertiary/aromatic N) is 2. The van der Waals surface area contributed by atoms with Crippen molar-refractivity contribution in [1.82, 2.24) is 15.3 Å². The van der Waals surface area contributed by atoms with E-state index in [0.29, 0.717) is 29.3 Å². The predicted octanol–water partition coefficient (Wildman–Crippen LogP) is 4.19. The average Bonchev–Trinajstić information content (AvgIpc) is 3.33. The number of fused-ring (bicyclic) bond motifs is 1. The summed E-state index contributed by atoms with van der Waals surface area (Å²) in [7, 11) is 1.63.